The van der Waals surface area contributed by atoms with Crippen molar-refractivity contribution in [3.63, 3.8) is 0 Å². The molecule has 0 spiro atoms. The van der Waals surface area contributed by atoms with Gasteiger partial charge in [-0.2, -0.15) is 0 Å². The van der Waals surface area contributed by atoms with Crippen molar-refractivity contribution in [2.24, 2.45) is 0 Å². The van der Waals surface area contributed by atoms with Crippen LogP contribution in [0.2, 0.25) is 5.02 Å². The van der Waals surface area contributed by atoms with Gasteiger partial charge < -0.3 is 14.8 Å². The lowest BCUT2D eigenvalue weighted by Crippen LogP contribution is -2.29. The maximum Gasteiger partial charge on any atom is 0.174 e. The number of pyridine rings is 1. The number of hydrogen-bond acceptors (Lipinski definition) is 2. The molecule has 2 atom stereocenters. The summed E-state index contributed by atoms with van der Waals surface area (Å²) >= 11 is 12.0. The monoisotopic (exact) mass is 472 g/mol. The van der Waals surface area contributed by atoms with Crippen LogP contribution in [0.25, 0.3) is 5.69 Å². The third-order valence-corrected chi connectivity index (χ3v) is 6.85. The van der Waals surface area contributed by atoms with Crippen LogP contribution in [0.3, 0.4) is 0 Å². The van der Waals surface area contributed by atoms with Crippen molar-refractivity contribution in [3.8, 4) is 5.69 Å². The van der Waals surface area contributed by atoms with Crippen molar-refractivity contribution in [3.05, 3.63) is 112 Å². The Hall–Kier alpha value is -3.15. The van der Waals surface area contributed by atoms with E-state index in [1.807, 2.05) is 30.5 Å². The Morgan fingerprint density at radius 2 is 1.61 bits per heavy atom. The molecule has 4 nitrogen and oxygen atoms in total. The van der Waals surface area contributed by atoms with E-state index >= 15 is 0 Å². The van der Waals surface area contributed by atoms with Crippen LogP contribution in [0.15, 0.2) is 79.0 Å². The Bertz CT molecular complexity index is 1300. The Morgan fingerprint density at radius 3 is 2.27 bits per heavy atom. The van der Waals surface area contributed by atoms with Gasteiger partial charge in [0.1, 0.15) is 0 Å². The van der Waals surface area contributed by atoms with Crippen molar-refractivity contribution in [2.45, 2.75) is 32.9 Å². The van der Waals surface area contributed by atoms with Gasteiger partial charge in [-0.25, -0.2) is 0 Å². The van der Waals surface area contributed by atoms with E-state index in [9.17, 15) is 0 Å². The first kappa shape index (κ1) is 21.7. The zero-order valence-electron chi connectivity index (χ0n) is 18.8. The van der Waals surface area contributed by atoms with Crippen LogP contribution in [0.1, 0.15) is 40.3 Å². The highest BCUT2D eigenvalue weighted by molar-refractivity contribution is 7.80. The largest absolute Gasteiger partial charge is 0.351 e. The summed E-state index contributed by atoms with van der Waals surface area (Å²) < 4.78 is 2.27. The van der Waals surface area contributed by atoms with Gasteiger partial charge in [-0.3, -0.25) is 4.98 Å². The first-order valence-electron chi connectivity index (χ1n) is 11.0. The normalized spacial score (nSPS) is 17.9. The standard InChI is InChI=1S/C27H25ClN4S/c1-17-7-11-22(12-8-17)32-26(25(30-27(32)33)24-6-4-5-15-29-24)23-16-18(2)31(19(23)3)21-13-9-20(28)10-14-21/h4-16,25-26H,1-3H3,(H,30,33)/t25-,26-/m0/s1. The van der Waals surface area contributed by atoms with E-state index in [1.54, 1.807) is 0 Å². The highest BCUT2D eigenvalue weighted by Crippen LogP contribution is 2.43. The van der Waals surface area contributed by atoms with Crippen molar-refractivity contribution in [1.82, 2.24) is 14.9 Å². The first-order chi connectivity index (χ1) is 15.9. The van der Waals surface area contributed by atoms with E-state index < -0.39 is 0 Å². The molecule has 0 unspecified atom stereocenters. The highest BCUT2D eigenvalue weighted by atomic mass is 35.5. The summed E-state index contributed by atoms with van der Waals surface area (Å²) in [6, 6.07) is 24.7. The molecule has 2 aromatic heterocycles. The van der Waals surface area contributed by atoms with Crippen LogP contribution >= 0.6 is 23.8 Å². The first-order valence-corrected chi connectivity index (χ1v) is 11.7. The van der Waals surface area contributed by atoms with Crippen molar-refractivity contribution < 1.29 is 0 Å². The van der Waals surface area contributed by atoms with Gasteiger partial charge in [-0.05, 0) is 93.1 Å². The number of thiocarbonyl (C=S) groups is 1. The van der Waals surface area contributed by atoms with E-state index in [2.05, 4.69) is 89.1 Å². The lowest BCUT2D eigenvalue weighted by Gasteiger charge is -2.28. The van der Waals surface area contributed by atoms with Gasteiger partial charge in [0.15, 0.2) is 5.11 Å². The van der Waals surface area contributed by atoms with Gasteiger partial charge in [0.25, 0.3) is 0 Å². The zero-order chi connectivity index (χ0) is 23.1. The summed E-state index contributed by atoms with van der Waals surface area (Å²) in [6.45, 7) is 6.40. The van der Waals surface area contributed by atoms with Gasteiger partial charge in [-0.1, -0.05) is 35.4 Å². The second-order valence-electron chi connectivity index (χ2n) is 8.47. The molecule has 0 amide bonds. The maximum absolute atomic E-state index is 6.14. The molecular weight excluding hydrogens is 448 g/mol. The minimum absolute atomic E-state index is 0.0395. The van der Waals surface area contributed by atoms with Crippen LogP contribution in [0.5, 0.6) is 0 Å². The fourth-order valence-corrected chi connectivity index (χ4v) is 5.20. The number of anilines is 1. The third-order valence-electron chi connectivity index (χ3n) is 6.28. The van der Waals surface area contributed by atoms with Gasteiger partial charge in [-0.15, -0.1) is 0 Å². The third kappa shape index (κ3) is 3.92. The molecule has 4 aromatic rings. The maximum atomic E-state index is 6.14. The van der Waals surface area contributed by atoms with Crippen LogP contribution in [0.4, 0.5) is 5.69 Å². The summed E-state index contributed by atoms with van der Waals surface area (Å²) in [7, 11) is 0. The van der Waals surface area contributed by atoms with E-state index in [1.165, 1.54) is 16.8 Å². The topological polar surface area (TPSA) is 33.1 Å². The molecule has 166 valence electrons. The molecule has 6 heteroatoms. The average molecular weight is 473 g/mol. The van der Waals surface area contributed by atoms with Crippen molar-refractivity contribution in [1.29, 1.82) is 0 Å². The average Bonchev–Trinajstić information content (AvgIpc) is 3.31. The molecule has 0 radical (unpaired) electrons. The fourth-order valence-electron chi connectivity index (χ4n) is 4.73. The molecule has 33 heavy (non-hydrogen) atoms. The smallest absolute Gasteiger partial charge is 0.174 e. The van der Waals surface area contributed by atoms with Crippen LogP contribution in [0, 0.1) is 20.8 Å². The Morgan fingerprint density at radius 1 is 0.909 bits per heavy atom. The second kappa shape index (κ2) is 8.65. The zero-order valence-corrected chi connectivity index (χ0v) is 20.4. The Balaban J connectivity index is 1.67. The van der Waals surface area contributed by atoms with Gasteiger partial charge in [0.05, 0.1) is 17.8 Å². The molecule has 1 aliphatic rings. The van der Waals surface area contributed by atoms with Crippen molar-refractivity contribution in [2.75, 3.05) is 4.90 Å². The molecule has 3 heterocycles. The molecule has 1 aliphatic heterocycles. The minimum atomic E-state index is -0.0702. The summed E-state index contributed by atoms with van der Waals surface area (Å²) in [5, 5.41) is 4.99. The van der Waals surface area contributed by atoms with E-state index in [0.29, 0.717) is 5.11 Å². The van der Waals surface area contributed by atoms with Gasteiger partial charge in [0, 0.05) is 34.0 Å². The number of nitrogens with one attached hydrogen (secondary N) is 1. The van der Waals surface area contributed by atoms with Crippen LogP contribution in [-0.2, 0) is 0 Å². The summed E-state index contributed by atoms with van der Waals surface area (Å²) in [6.07, 6.45) is 1.84. The minimum Gasteiger partial charge on any atom is -0.351 e. The molecule has 0 aliphatic carbocycles. The number of halogens is 1. The molecule has 2 aromatic carbocycles. The summed E-state index contributed by atoms with van der Waals surface area (Å²) in [5.74, 6) is 0. The Kier molecular flexibility index (Phi) is 5.69. The molecule has 1 saturated heterocycles. The number of rotatable bonds is 4. The van der Waals surface area contributed by atoms with Gasteiger partial charge in [0.2, 0.25) is 0 Å². The molecule has 1 N–H and O–H groups in total. The summed E-state index contributed by atoms with van der Waals surface area (Å²) in [5.41, 5.74) is 7.89. The van der Waals surface area contributed by atoms with Crippen molar-refractivity contribution >= 4 is 34.6 Å². The van der Waals surface area contributed by atoms with Crippen LogP contribution in [-0.4, -0.2) is 14.7 Å². The van der Waals surface area contributed by atoms with E-state index in [-0.39, 0.29) is 12.1 Å². The molecule has 1 fully saturated rings. The number of benzene rings is 2. The molecular formula is C27H25ClN4S. The number of nitrogens with zero attached hydrogens (tertiary/aromatic N) is 3. The lowest BCUT2D eigenvalue weighted by atomic mass is 9.96. The SMILES string of the molecule is Cc1ccc(N2C(=S)N[C@@H](c3ccccn3)[C@@H]2c2cc(C)n(-c3ccc(Cl)cc3)c2C)cc1. The number of aryl methyl sites for hydroxylation is 2. The van der Waals surface area contributed by atoms with Crippen LogP contribution < -0.4 is 10.2 Å². The fraction of sp³-hybridized carbons (Fsp3) is 0.185. The quantitative estimate of drug-likeness (QED) is 0.338. The predicted octanol–water partition coefficient (Wildman–Crippen LogP) is 6.63. The highest BCUT2D eigenvalue weighted by Gasteiger charge is 2.42. The predicted molar refractivity (Wildman–Crippen MR) is 139 cm³/mol. The second-order valence-corrected chi connectivity index (χ2v) is 9.29. The van der Waals surface area contributed by atoms with E-state index in [4.69, 9.17) is 23.8 Å². The summed E-state index contributed by atoms with van der Waals surface area (Å²) in [4.78, 5) is 6.89. The Labute approximate surface area is 204 Å². The van der Waals surface area contributed by atoms with E-state index in [0.717, 1.165) is 27.8 Å². The number of hydrogen-bond donors (Lipinski definition) is 1. The molecule has 5 rings (SSSR count). The van der Waals surface area contributed by atoms with Gasteiger partial charge >= 0.3 is 0 Å². The molecule has 0 saturated carbocycles. The number of aromatic nitrogens is 2. The lowest BCUT2D eigenvalue weighted by molar-refractivity contribution is 0.565. The molecule has 0 bridgehead atoms.